The van der Waals surface area contributed by atoms with Gasteiger partial charge in [-0.1, -0.05) is 12.1 Å². The predicted molar refractivity (Wildman–Crippen MR) is 120 cm³/mol. The number of hydrogen-bond donors (Lipinski definition) is 0. The van der Waals surface area contributed by atoms with Crippen LogP contribution in [0.5, 0.6) is 5.75 Å². The van der Waals surface area contributed by atoms with Crippen molar-refractivity contribution in [2.24, 2.45) is 5.92 Å². The van der Waals surface area contributed by atoms with Gasteiger partial charge in [-0.15, -0.1) is 0 Å². The maximum Gasteiger partial charge on any atom is 0.534 e. The highest BCUT2D eigenvalue weighted by Gasteiger charge is 2.49. The number of hydrogen-bond acceptors (Lipinski definition) is 5. The summed E-state index contributed by atoms with van der Waals surface area (Å²) in [5, 5.41) is 0. The molecule has 188 valence electrons. The highest BCUT2D eigenvalue weighted by atomic mass is 32.2. The number of alkyl halides is 3. The van der Waals surface area contributed by atoms with Crippen molar-refractivity contribution in [3.05, 3.63) is 40.7 Å². The number of carbonyl (C=O) groups excluding carboxylic acids is 1. The quantitative estimate of drug-likeness (QED) is 0.380. The molecule has 2 aliphatic carbocycles. The fourth-order valence-electron chi connectivity index (χ4n) is 4.65. The van der Waals surface area contributed by atoms with Crippen molar-refractivity contribution in [2.75, 3.05) is 19.7 Å². The van der Waals surface area contributed by atoms with Gasteiger partial charge in [-0.3, -0.25) is 4.79 Å². The second-order valence-corrected chi connectivity index (χ2v) is 10.9. The van der Waals surface area contributed by atoms with E-state index in [0.29, 0.717) is 36.0 Å². The van der Waals surface area contributed by atoms with Crippen molar-refractivity contribution in [2.45, 2.75) is 69.7 Å². The summed E-state index contributed by atoms with van der Waals surface area (Å²) < 4.78 is 71.3. The van der Waals surface area contributed by atoms with E-state index in [1.54, 1.807) is 0 Å². The predicted octanol–water partition coefficient (Wildman–Crippen LogP) is 5.18. The third-order valence-electron chi connectivity index (χ3n) is 6.83. The summed E-state index contributed by atoms with van der Waals surface area (Å²) in [5.74, 6) is 1.34. The fraction of sp³-hybridized carbons (Fsp3) is 0.625. The van der Waals surface area contributed by atoms with Crippen LogP contribution < -0.4 is 4.74 Å². The van der Waals surface area contributed by atoms with E-state index in [1.807, 2.05) is 24.0 Å². The summed E-state index contributed by atoms with van der Waals surface area (Å²) in [5.41, 5.74) is -2.94. The summed E-state index contributed by atoms with van der Waals surface area (Å²) in [7, 11) is -5.69. The number of ether oxygens (including phenoxy) is 1. The molecule has 0 radical (unpaired) electrons. The van der Waals surface area contributed by atoms with Gasteiger partial charge in [0, 0.05) is 31.0 Å². The zero-order valence-electron chi connectivity index (χ0n) is 19.2. The number of aryl methyl sites for hydroxylation is 1. The molecule has 1 saturated carbocycles. The molecular weight excluding hydrogens is 471 g/mol. The van der Waals surface area contributed by atoms with E-state index in [1.165, 1.54) is 5.56 Å². The van der Waals surface area contributed by atoms with Crippen LogP contribution in [0.1, 0.15) is 68.4 Å². The maximum atomic E-state index is 12.7. The largest absolute Gasteiger partial charge is 0.534 e. The number of carbonyl (C=O) groups is 1. The van der Waals surface area contributed by atoms with Gasteiger partial charge in [0.25, 0.3) is 0 Å². The fourth-order valence-corrected chi connectivity index (χ4v) is 5.21. The van der Waals surface area contributed by atoms with Crippen LogP contribution in [0.15, 0.2) is 29.5 Å². The third-order valence-corrected chi connectivity index (χ3v) is 7.81. The van der Waals surface area contributed by atoms with E-state index in [-0.39, 0.29) is 24.7 Å². The summed E-state index contributed by atoms with van der Waals surface area (Å²) >= 11 is 0. The van der Waals surface area contributed by atoms with Crippen molar-refractivity contribution in [1.82, 2.24) is 4.90 Å². The van der Waals surface area contributed by atoms with Crippen molar-refractivity contribution in [3.63, 3.8) is 0 Å². The number of allylic oxidation sites excluding steroid dienone is 1. The molecule has 0 aromatic heterocycles. The third kappa shape index (κ3) is 5.70. The topological polar surface area (TPSA) is 72.9 Å². The Kier molecular flexibility index (Phi) is 7.17. The van der Waals surface area contributed by atoms with E-state index < -0.39 is 15.6 Å². The second kappa shape index (κ2) is 9.79. The lowest BCUT2D eigenvalue weighted by atomic mass is 9.88. The maximum absolute atomic E-state index is 12.7. The van der Waals surface area contributed by atoms with Crippen LogP contribution in [0.4, 0.5) is 13.2 Å². The van der Waals surface area contributed by atoms with E-state index in [0.717, 1.165) is 50.8 Å². The van der Waals surface area contributed by atoms with Gasteiger partial charge in [0.2, 0.25) is 5.91 Å². The van der Waals surface area contributed by atoms with Gasteiger partial charge in [-0.05, 0) is 75.0 Å². The van der Waals surface area contributed by atoms with Crippen molar-refractivity contribution >= 4 is 16.0 Å². The van der Waals surface area contributed by atoms with Gasteiger partial charge < -0.3 is 13.8 Å². The Balaban J connectivity index is 1.37. The van der Waals surface area contributed by atoms with Crippen LogP contribution in [0.3, 0.4) is 0 Å². The molecule has 1 aliphatic heterocycles. The summed E-state index contributed by atoms with van der Waals surface area (Å²) in [6.45, 7) is 3.43. The first-order valence-corrected chi connectivity index (χ1v) is 13.2. The van der Waals surface area contributed by atoms with Gasteiger partial charge >= 0.3 is 15.6 Å². The molecule has 0 unspecified atom stereocenters. The Labute approximate surface area is 198 Å². The smallest absolute Gasteiger partial charge is 0.489 e. The molecule has 1 aromatic carbocycles. The van der Waals surface area contributed by atoms with Gasteiger partial charge in [-0.2, -0.15) is 21.6 Å². The molecule has 1 aromatic rings. The first kappa shape index (κ1) is 24.9. The highest BCUT2D eigenvalue weighted by molar-refractivity contribution is 7.87. The van der Waals surface area contributed by atoms with Gasteiger partial charge in [-0.25, -0.2) is 0 Å². The second-order valence-electron chi connectivity index (χ2n) is 9.40. The lowest BCUT2D eigenvalue weighted by Gasteiger charge is -2.32. The normalized spacial score (nSPS) is 20.4. The SMILES string of the molecule is Cc1cc(C2CCN(C(=O)C3CC3)CC2)ccc1OCC1=C(OS(=O)(=O)C(F)(F)F)CCCC1. The van der Waals surface area contributed by atoms with Crippen LogP contribution >= 0.6 is 0 Å². The van der Waals surface area contributed by atoms with E-state index in [9.17, 15) is 26.4 Å². The van der Waals surface area contributed by atoms with Gasteiger partial charge in [0.05, 0.1) is 0 Å². The lowest BCUT2D eigenvalue weighted by Crippen LogP contribution is -2.38. The lowest BCUT2D eigenvalue weighted by molar-refractivity contribution is -0.133. The molecule has 1 saturated heterocycles. The molecule has 0 spiro atoms. The Hall–Kier alpha value is -2.23. The number of likely N-dealkylation sites (tertiary alicyclic amines) is 1. The van der Waals surface area contributed by atoms with Crippen molar-refractivity contribution in [1.29, 1.82) is 0 Å². The molecular formula is C24H30F3NO5S. The monoisotopic (exact) mass is 501 g/mol. The Morgan fingerprint density at radius 3 is 2.38 bits per heavy atom. The van der Waals surface area contributed by atoms with Crippen molar-refractivity contribution < 1.29 is 35.3 Å². The Morgan fingerprint density at radius 1 is 1.09 bits per heavy atom. The minimum absolute atomic E-state index is 0.0233. The standard InChI is InChI=1S/C24H30F3NO5S/c1-16-14-19(17-10-12-28(13-11-17)23(29)18-6-7-18)8-9-21(16)32-15-20-4-2-3-5-22(20)33-34(30,31)24(25,26)27/h8-9,14,17-18H,2-7,10-13,15H2,1H3. The van der Waals surface area contributed by atoms with Crippen LogP contribution in [0, 0.1) is 12.8 Å². The van der Waals surface area contributed by atoms with Crippen LogP contribution in [0.25, 0.3) is 0 Å². The van der Waals surface area contributed by atoms with Crippen molar-refractivity contribution in [3.8, 4) is 5.75 Å². The number of amides is 1. The minimum Gasteiger partial charge on any atom is -0.489 e. The molecule has 10 heteroatoms. The number of piperidine rings is 1. The van der Waals surface area contributed by atoms with Gasteiger partial charge in [0.15, 0.2) is 0 Å². The molecule has 0 bridgehead atoms. The average molecular weight is 502 g/mol. The van der Waals surface area contributed by atoms with E-state index in [4.69, 9.17) is 4.74 Å². The number of nitrogens with zero attached hydrogens (tertiary/aromatic N) is 1. The Bertz CT molecular complexity index is 1050. The zero-order valence-corrected chi connectivity index (χ0v) is 20.0. The number of halogens is 3. The van der Waals surface area contributed by atoms with Crippen LogP contribution in [0.2, 0.25) is 0 Å². The molecule has 6 nitrogen and oxygen atoms in total. The van der Waals surface area contributed by atoms with E-state index >= 15 is 0 Å². The summed E-state index contributed by atoms with van der Waals surface area (Å²) in [4.78, 5) is 14.2. The summed E-state index contributed by atoms with van der Waals surface area (Å²) in [6, 6.07) is 5.90. The molecule has 2 fully saturated rings. The van der Waals surface area contributed by atoms with Gasteiger partial charge in [0.1, 0.15) is 18.1 Å². The van der Waals surface area contributed by atoms with Crippen LogP contribution in [-0.4, -0.2) is 44.4 Å². The molecule has 0 atom stereocenters. The number of rotatable bonds is 7. The molecule has 34 heavy (non-hydrogen) atoms. The average Bonchev–Trinajstić information content (AvgIpc) is 3.63. The highest BCUT2D eigenvalue weighted by Crippen LogP contribution is 2.36. The van der Waals surface area contributed by atoms with E-state index in [2.05, 4.69) is 10.2 Å². The molecule has 3 aliphatic rings. The Morgan fingerprint density at radius 2 is 1.76 bits per heavy atom. The molecule has 1 heterocycles. The minimum atomic E-state index is -5.69. The summed E-state index contributed by atoms with van der Waals surface area (Å²) in [6.07, 6.45) is 5.72. The zero-order chi connectivity index (χ0) is 24.5. The first-order chi connectivity index (χ1) is 16.0. The molecule has 4 rings (SSSR count). The molecule has 0 N–H and O–H groups in total. The molecule has 1 amide bonds. The number of benzene rings is 1. The first-order valence-electron chi connectivity index (χ1n) is 11.8. The van der Waals surface area contributed by atoms with Crippen LogP contribution in [-0.2, 0) is 19.1 Å².